The molecule has 0 spiro atoms. The van der Waals surface area contributed by atoms with Crippen LogP contribution in [0.2, 0.25) is 5.15 Å². The molecule has 3 aliphatic heterocycles. The summed E-state index contributed by atoms with van der Waals surface area (Å²) >= 11 is 6.08. The molecule has 3 aromatic rings. The van der Waals surface area contributed by atoms with Gasteiger partial charge in [-0.15, -0.1) is 0 Å². The number of likely N-dealkylation sites (tertiary alicyclic amines) is 1. The number of rotatable bonds is 16. The summed E-state index contributed by atoms with van der Waals surface area (Å²) in [5.74, 6) is 0.788. The molecule has 1 aromatic heterocycles. The first-order chi connectivity index (χ1) is 27.2. The number of ether oxygens (including phenoxy) is 4. The summed E-state index contributed by atoms with van der Waals surface area (Å²) in [6.45, 7) is 8.31. The van der Waals surface area contributed by atoms with Crippen LogP contribution in [0.4, 0.5) is 11.6 Å². The number of amides is 3. The third kappa shape index (κ3) is 11.7. The molecule has 16 heteroatoms. The number of morpholine rings is 2. The number of nitrogen functional groups attached to an aromatic ring is 2. The van der Waals surface area contributed by atoms with E-state index >= 15 is 0 Å². The normalized spacial score (nSPS) is 18.3. The van der Waals surface area contributed by atoms with Gasteiger partial charge >= 0.3 is 0 Å². The molecule has 15 nitrogen and oxygen atoms in total. The average molecular weight is 794 g/mol. The zero-order valence-electron chi connectivity index (χ0n) is 32.0. The average Bonchev–Trinajstić information content (AvgIpc) is 3.22. The van der Waals surface area contributed by atoms with Crippen molar-refractivity contribution in [3.8, 4) is 11.5 Å². The van der Waals surface area contributed by atoms with Crippen LogP contribution in [0.25, 0.3) is 0 Å². The van der Waals surface area contributed by atoms with Gasteiger partial charge in [-0.3, -0.25) is 14.4 Å². The predicted octanol–water partition coefficient (Wildman–Crippen LogP) is 2.74. The van der Waals surface area contributed by atoms with Crippen LogP contribution in [0.1, 0.15) is 47.3 Å². The smallest absolute Gasteiger partial charge is 0.274 e. The minimum atomic E-state index is -0.412. The van der Waals surface area contributed by atoms with E-state index in [9.17, 15) is 14.4 Å². The van der Waals surface area contributed by atoms with Gasteiger partial charge in [-0.2, -0.15) is 0 Å². The molecule has 3 amide bonds. The van der Waals surface area contributed by atoms with E-state index in [1.54, 1.807) is 9.80 Å². The number of nitrogens with one attached hydrogen (secondary N) is 1. The molecule has 0 unspecified atom stereocenters. The first-order valence-electron chi connectivity index (χ1n) is 19.6. The monoisotopic (exact) mass is 793 g/mol. The van der Waals surface area contributed by atoms with Crippen molar-refractivity contribution in [3.63, 3.8) is 0 Å². The number of quaternary nitrogens is 1. The van der Waals surface area contributed by atoms with Crippen LogP contribution < -0.4 is 26.3 Å². The van der Waals surface area contributed by atoms with Gasteiger partial charge in [0.05, 0.1) is 58.6 Å². The van der Waals surface area contributed by atoms with Gasteiger partial charge in [0, 0.05) is 39.0 Å². The Morgan fingerprint density at radius 2 is 1.27 bits per heavy atom. The molecule has 3 aliphatic rings. The number of carbonyl (C=O) groups excluding carboxylic acids is 3. The highest BCUT2D eigenvalue weighted by atomic mass is 35.5. The van der Waals surface area contributed by atoms with Crippen molar-refractivity contribution in [1.29, 1.82) is 0 Å². The van der Waals surface area contributed by atoms with Crippen LogP contribution in [0.3, 0.4) is 0 Å². The number of benzene rings is 2. The number of nitrogens with zero attached hydrogens (tertiary/aromatic N) is 5. The Bertz CT molecular complexity index is 1690. The third-order valence-electron chi connectivity index (χ3n) is 10.7. The molecule has 1 atom stereocenters. The molecule has 3 fully saturated rings. The minimum Gasteiger partial charge on any atom is -0.484 e. The van der Waals surface area contributed by atoms with Crippen molar-refractivity contribution >= 4 is 41.0 Å². The molecule has 6 rings (SSSR count). The Balaban J connectivity index is 1.04. The summed E-state index contributed by atoms with van der Waals surface area (Å²) in [7, 11) is 0. The van der Waals surface area contributed by atoms with E-state index in [1.165, 1.54) is 11.1 Å². The van der Waals surface area contributed by atoms with Crippen molar-refractivity contribution < 1.29 is 37.8 Å². The van der Waals surface area contributed by atoms with Crippen LogP contribution in [0, 0.1) is 0 Å². The summed E-state index contributed by atoms with van der Waals surface area (Å²) in [5, 5.41) is 3.10. The number of nitrogens with two attached hydrogens (primary N) is 2. The van der Waals surface area contributed by atoms with E-state index in [2.05, 4.69) is 39.6 Å². The first kappa shape index (κ1) is 40.9. The minimum absolute atomic E-state index is 0.00980. The zero-order chi connectivity index (χ0) is 39.3. The third-order valence-corrected chi connectivity index (χ3v) is 11.0. The van der Waals surface area contributed by atoms with E-state index in [4.69, 9.17) is 42.0 Å². The molecule has 5 N–H and O–H groups in total. The number of halogens is 1. The molecule has 3 saturated heterocycles. The van der Waals surface area contributed by atoms with Gasteiger partial charge in [-0.25, -0.2) is 9.97 Å². The fraction of sp³-hybridized carbons (Fsp3) is 0.525. The molecule has 2 aromatic carbocycles. The topological polar surface area (TPSA) is 184 Å². The lowest BCUT2D eigenvalue weighted by Gasteiger charge is -2.45. The van der Waals surface area contributed by atoms with Gasteiger partial charge in [-0.05, 0) is 61.1 Å². The van der Waals surface area contributed by atoms with Crippen LogP contribution in [-0.2, 0) is 31.9 Å². The maximum absolute atomic E-state index is 13.3. The van der Waals surface area contributed by atoms with Crippen LogP contribution in [0.5, 0.6) is 11.5 Å². The second-order valence-electron chi connectivity index (χ2n) is 14.7. The molecule has 0 bridgehead atoms. The first-order valence-corrected chi connectivity index (χ1v) is 19.9. The summed E-state index contributed by atoms with van der Waals surface area (Å²) in [4.78, 5) is 49.9. The van der Waals surface area contributed by atoms with E-state index in [0.29, 0.717) is 64.1 Å². The summed E-state index contributed by atoms with van der Waals surface area (Å²) < 4.78 is 23.1. The van der Waals surface area contributed by atoms with Crippen LogP contribution in [-0.4, -0.2) is 140 Å². The van der Waals surface area contributed by atoms with Gasteiger partial charge in [0.25, 0.3) is 17.7 Å². The van der Waals surface area contributed by atoms with Crippen molar-refractivity contribution in [2.45, 2.75) is 44.6 Å². The lowest BCUT2D eigenvalue weighted by Crippen LogP contribution is -2.60. The van der Waals surface area contributed by atoms with Gasteiger partial charge < -0.3 is 50.0 Å². The van der Waals surface area contributed by atoms with Crippen LogP contribution in [0.15, 0.2) is 48.5 Å². The second kappa shape index (κ2) is 19.9. The molecule has 0 aliphatic carbocycles. The number of aromatic nitrogens is 2. The molecule has 302 valence electrons. The SMILES string of the molecule is Nc1nc(N)c(C(=O)N[C@H]2CCC[N+](CCCc3ccc(OCC(=O)N4CCOCC4)cc3)(CCCc3ccc(OCC(=O)N4CCOCC4)cc3)C2)nc1Cl. The Kier molecular flexibility index (Phi) is 14.6. The highest BCUT2D eigenvalue weighted by Crippen LogP contribution is 2.25. The van der Waals surface area contributed by atoms with Crippen molar-refractivity contribution in [1.82, 2.24) is 25.1 Å². The molecular weight excluding hydrogens is 740 g/mol. The lowest BCUT2D eigenvalue weighted by atomic mass is 9.99. The summed E-state index contributed by atoms with van der Waals surface area (Å²) in [6, 6.07) is 15.9. The molecule has 0 saturated carbocycles. The Hall–Kier alpha value is -4.70. The van der Waals surface area contributed by atoms with Crippen molar-refractivity contribution in [2.75, 3.05) is 103 Å². The van der Waals surface area contributed by atoms with Gasteiger partial charge in [0.2, 0.25) is 0 Å². The number of carbonyl (C=O) groups is 3. The summed E-state index contributed by atoms with van der Waals surface area (Å²) in [6.07, 6.45) is 5.48. The lowest BCUT2D eigenvalue weighted by molar-refractivity contribution is -0.933. The standard InChI is InChI=1S/C40H53ClN8O7/c41-37-39(43)46-38(42)36(45-37)40(52)44-31-6-3-21-49(26-31,19-1-4-29-7-11-32(12-8-29)55-27-34(50)47-15-22-53-23-16-47)20-2-5-30-9-13-33(14-10-30)56-28-35(51)48-17-24-54-25-18-48/h7-14,31H,1-6,15-28H2,(H4-,42,43,44,46,52)/p+1/t31-/m0/s1. The Labute approximate surface area is 333 Å². The quantitative estimate of drug-likeness (QED) is 0.181. The van der Waals surface area contributed by atoms with E-state index in [1.807, 2.05) is 24.3 Å². The van der Waals surface area contributed by atoms with E-state index in [-0.39, 0.29) is 53.6 Å². The largest absolute Gasteiger partial charge is 0.484 e. The Morgan fingerprint density at radius 1 is 0.768 bits per heavy atom. The second-order valence-corrected chi connectivity index (χ2v) is 15.1. The number of hydrogen-bond acceptors (Lipinski definition) is 11. The van der Waals surface area contributed by atoms with Crippen molar-refractivity contribution in [3.05, 3.63) is 70.5 Å². The van der Waals surface area contributed by atoms with E-state index < -0.39 is 5.91 Å². The highest BCUT2D eigenvalue weighted by molar-refractivity contribution is 6.31. The Morgan fingerprint density at radius 3 is 1.77 bits per heavy atom. The van der Waals surface area contributed by atoms with Gasteiger partial charge in [0.1, 0.15) is 11.5 Å². The number of piperidine rings is 1. The van der Waals surface area contributed by atoms with E-state index in [0.717, 1.165) is 69.2 Å². The highest BCUT2D eigenvalue weighted by Gasteiger charge is 2.36. The fourth-order valence-electron chi connectivity index (χ4n) is 7.66. The zero-order valence-corrected chi connectivity index (χ0v) is 32.7. The maximum atomic E-state index is 13.3. The molecular formula is C40H54ClN8O7+. The molecule has 4 heterocycles. The van der Waals surface area contributed by atoms with Crippen molar-refractivity contribution in [2.24, 2.45) is 0 Å². The van der Waals surface area contributed by atoms with Crippen LogP contribution >= 0.6 is 11.6 Å². The predicted molar refractivity (Wildman–Crippen MR) is 211 cm³/mol. The molecule has 56 heavy (non-hydrogen) atoms. The number of anilines is 2. The van der Waals surface area contributed by atoms with Gasteiger partial charge in [-0.1, -0.05) is 35.9 Å². The number of hydrogen-bond donors (Lipinski definition) is 3. The number of aryl methyl sites for hydroxylation is 2. The van der Waals surface area contributed by atoms with Gasteiger partial charge in [0.15, 0.2) is 35.7 Å². The fourth-order valence-corrected chi connectivity index (χ4v) is 7.79. The summed E-state index contributed by atoms with van der Waals surface area (Å²) in [5.41, 5.74) is 14.1. The maximum Gasteiger partial charge on any atom is 0.274 e. The molecule has 0 radical (unpaired) electrons.